The highest BCUT2D eigenvalue weighted by atomic mass is 16.2. The highest BCUT2D eigenvalue weighted by molar-refractivity contribution is 6.10. The fourth-order valence-electron chi connectivity index (χ4n) is 5.05. The molecule has 1 heterocycles. The Morgan fingerprint density at radius 3 is 2.27 bits per heavy atom. The fourth-order valence-corrected chi connectivity index (χ4v) is 5.05. The first-order chi connectivity index (χ1) is 19.4. The maximum Gasteiger partial charge on any atom is 0.319 e. The molecule has 202 valence electrons. The summed E-state index contributed by atoms with van der Waals surface area (Å²) >= 11 is 0. The molecule has 0 radical (unpaired) electrons. The molecule has 7 nitrogen and oxygen atoms in total. The lowest BCUT2D eigenvalue weighted by atomic mass is 10.0. The molecule has 0 saturated carbocycles. The molecule has 7 heteroatoms. The number of urea groups is 1. The van der Waals surface area contributed by atoms with Crippen molar-refractivity contribution in [2.75, 3.05) is 28.2 Å². The van der Waals surface area contributed by atoms with Gasteiger partial charge < -0.3 is 20.4 Å². The van der Waals surface area contributed by atoms with Gasteiger partial charge in [-0.2, -0.15) is 0 Å². The summed E-state index contributed by atoms with van der Waals surface area (Å²) in [5.41, 5.74) is 5.58. The first-order valence-electron chi connectivity index (χ1n) is 13.3. The van der Waals surface area contributed by atoms with E-state index in [2.05, 4.69) is 15.5 Å². The van der Waals surface area contributed by atoms with Crippen molar-refractivity contribution >= 4 is 34.8 Å². The van der Waals surface area contributed by atoms with Crippen molar-refractivity contribution in [2.24, 2.45) is 0 Å². The summed E-state index contributed by atoms with van der Waals surface area (Å²) in [5.74, 6) is -0.509. The van der Waals surface area contributed by atoms with Gasteiger partial charge >= 0.3 is 6.03 Å². The van der Waals surface area contributed by atoms with Gasteiger partial charge in [-0.1, -0.05) is 78.9 Å². The van der Waals surface area contributed by atoms with Crippen molar-refractivity contribution in [3.63, 3.8) is 0 Å². The Morgan fingerprint density at radius 1 is 0.825 bits per heavy atom. The van der Waals surface area contributed by atoms with E-state index >= 15 is 0 Å². The quantitative estimate of drug-likeness (QED) is 0.298. The third kappa shape index (κ3) is 6.04. The summed E-state index contributed by atoms with van der Waals surface area (Å²) in [6.45, 7) is 4.45. The highest BCUT2D eigenvalue weighted by Gasteiger charge is 2.36. The highest BCUT2D eigenvalue weighted by Crippen LogP contribution is 2.34. The number of anilines is 3. The number of carbonyl (C=O) groups is 3. The Bertz CT molecular complexity index is 1540. The SMILES string of the molecule is Cc1cccc(NC(=O)NC2CN(Cc3ccccc3)c3ccccc3N(CC(=O)c3ccccc3C)C2=O)c1. The first kappa shape index (κ1) is 26.7. The van der Waals surface area contributed by atoms with Gasteiger partial charge in [-0.3, -0.25) is 9.59 Å². The van der Waals surface area contributed by atoms with Crippen molar-refractivity contribution in [1.82, 2.24) is 5.32 Å². The smallest absolute Gasteiger partial charge is 0.319 e. The van der Waals surface area contributed by atoms with Crippen molar-refractivity contribution in [1.29, 1.82) is 0 Å². The number of nitrogens with one attached hydrogen (secondary N) is 2. The molecule has 0 bridgehead atoms. The van der Waals surface area contributed by atoms with E-state index in [1.165, 1.54) is 4.90 Å². The van der Waals surface area contributed by atoms with E-state index in [4.69, 9.17) is 0 Å². The number of benzene rings is 4. The molecule has 2 N–H and O–H groups in total. The molecular formula is C33H32N4O3. The number of hydrogen-bond acceptors (Lipinski definition) is 4. The second-order valence-corrected chi connectivity index (χ2v) is 10.0. The van der Waals surface area contributed by atoms with E-state index in [0.29, 0.717) is 23.5 Å². The maximum absolute atomic E-state index is 14.1. The number of ketones is 1. The van der Waals surface area contributed by atoms with Gasteiger partial charge in [0.15, 0.2) is 5.78 Å². The van der Waals surface area contributed by atoms with Crippen LogP contribution in [0, 0.1) is 13.8 Å². The molecule has 3 amide bonds. The monoisotopic (exact) mass is 532 g/mol. The summed E-state index contributed by atoms with van der Waals surface area (Å²) in [4.78, 5) is 44.3. The lowest BCUT2D eigenvalue weighted by Crippen LogP contribution is -2.53. The van der Waals surface area contributed by atoms with Crippen LogP contribution in [-0.2, 0) is 11.3 Å². The van der Waals surface area contributed by atoms with Crippen molar-refractivity contribution in [3.8, 4) is 0 Å². The number of carbonyl (C=O) groups excluding carboxylic acids is 3. The third-order valence-corrected chi connectivity index (χ3v) is 7.03. The average Bonchev–Trinajstić information content (AvgIpc) is 3.04. The molecule has 1 aliphatic rings. The van der Waals surface area contributed by atoms with Crippen LogP contribution in [0.1, 0.15) is 27.0 Å². The fraction of sp³-hybridized carbons (Fsp3) is 0.182. The number of rotatable bonds is 7. The van der Waals surface area contributed by atoms with E-state index in [9.17, 15) is 14.4 Å². The number of Topliss-reactive ketones (excluding diaryl/α,β-unsaturated/α-hetero) is 1. The zero-order valence-corrected chi connectivity index (χ0v) is 22.6. The van der Waals surface area contributed by atoms with Gasteiger partial charge in [-0.15, -0.1) is 0 Å². The first-order valence-corrected chi connectivity index (χ1v) is 13.3. The number of fused-ring (bicyclic) bond motifs is 1. The minimum Gasteiger partial charge on any atom is -0.363 e. The molecule has 0 fully saturated rings. The summed E-state index contributed by atoms with van der Waals surface area (Å²) < 4.78 is 0. The second-order valence-electron chi connectivity index (χ2n) is 10.0. The molecule has 0 aliphatic carbocycles. The van der Waals surface area contributed by atoms with Crippen LogP contribution in [0.15, 0.2) is 103 Å². The number of hydrogen-bond donors (Lipinski definition) is 2. The van der Waals surface area contributed by atoms with Crippen LogP contribution in [0.2, 0.25) is 0 Å². The summed E-state index contributed by atoms with van der Waals surface area (Å²) in [6.07, 6.45) is 0. The predicted molar refractivity (Wildman–Crippen MR) is 159 cm³/mol. The van der Waals surface area contributed by atoms with E-state index < -0.39 is 12.1 Å². The Balaban J connectivity index is 1.49. The molecule has 4 aromatic carbocycles. The van der Waals surface area contributed by atoms with Crippen LogP contribution in [0.5, 0.6) is 0 Å². The van der Waals surface area contributed by atoms with E-state index in [1.807, 2.05) is 105 Å². The van der Waals surface area contributed by atoms with Gasteiger partial charge in [-0.25, -0.2) is 4.79 Å². The zero-order valence-electron chi connectivity index (χ0n) is 22.6. The van der Waals surface area contributed by atoms with Crippen LogP contribution in [-0.4, -0.2) is 36.9 Å². The molecule has 1 unspecified atom stereocenters. The number of aryl methyl sites for hydroxylation is 2. The molecule has 1 atom stereocenters. The minimum absolute atomic E-state index is 0.141. The third-order valence-electron chi connectivity index (χ3n) is 7.03. The zero-order chi connectivity index (χ0) is 28.1. The lowest BCUT2D eigenvalue weighted by Gasteiger charge is -2.27. The maximum atomic E-state index is 14.1. The number of amides is 3. The number of nitrogens with zero attached hydrogens (tertiary/aromatic N) is 2. The van der Waals surface area contributed by atoms with Crippen LogP contribution in [0.4, 0.5) is 21.9 Å². The van der Waals surface area contributed by atoms with Gasteiger partial charge in [0.2, 0.25) is 0 Å². The molecule has 0 saturated heterocycles. The number of para-hydroxylation sites is 2. The van der Waals surface area contributed by atoms with Gasteiger partial charge in [0.25, 0.3) is 5.91 Å². The van der Waals surface area contributed by atoms with Crippen molar-refractivity contribution in [3.05, 3.63) is 125 Å². The topological polar surface area (TPSA) is 81.8 Å². The molecule has 0 aromatic heterocycles. The standard InChI is InChI=1S/C33H32N4O3/c1-23-11-10-15-26(19-23)34-33(40)35-28-21-36(20-25-13-4-3-5-14-25)29-17-8-9-18-30(29)37(32(28)39)22-31(38)27-16-7-6-12-24(27)2/h3-19,28H,20-22H2,1-2H3,(H2,34,35,40). The van der Waals surface area contributed by atoms with Crippen LogP contribution in [0.3, 0.4) is 0 Å². The molecule has 5 rings (SSSR count). The Hall–Kier alpha value is -4.91. The van der Waals surface area contributed by atoms with Crippen LogP contribution in [0.25, 0.3) is 0 Å². The van der Waals surface area contributed by atoms with Gasteiger partial charge in [-0.05, 0) is 54.8 Å². The second kappa shape index (κ2) is 11.9. The van der Waals surface area contributed by atoms with E-state index in [0.717, 1.165) is 22.4 Å². The minimum atomic E-state index is -0.898. The summed E-state index contributed by atoms with van der Waals surface area (Å²) in [5, 5.41) is 5.73. The van der Waals surface area contributed by atoms with Gasteiger partial charge in [0.05, 0.1) is 17.9 Å². The molecule has 0 spiro atoms. The molecule has 1 aliphatic heterocycles. The molecular weight excluding hydrogens is 500 g/mol. The largest absolute Gasteiger partial charge is 0.363 e. The Morgan fingerprint density at radius 2 is 1.52 bits per heavy atom. The normalized spacial score (nSPS) is 14.8. The van der Waals surface area contributed by atoms with Crippen LogP contribution >= 0.6 is 0 Å². The van der Waals surface area contributed by atoms with Crippen molar-refractivity contribution < 1.29 is 14.4 Å². The molecule has 4 aromatic rings. The molecule has 40 heavy (non-hydrogen) atoms. The predicted octanol–water partition coefficient (Wildman–Crippen LogP) is 5.73. The summed E-state index contributed by atoms with van der Waals surface area (Å²) in [6, 6.07) is 31.0. The van der Waals surface area contributed by atoms with Crippen LogP contribution < -0.4 is 20.4 Å². The Kier molecular flexibility index (Phi) is 7.92. The Labute approximate surface area is 234 Å². The van der Waals surface area contributed by atoms with Crippen molar-refractivity contribution in [2.45, 2.75) is 26.4 Å². The summed E-state index contributed by atoms with van der Waals surface area (Å²) in [7, 11) is 0. The average molecular weight is 533 g/mol. The van der Waals surface area contributed by atoms with Gasteiger partial charge in [0, 0.05) is 24.3 Å². The van der Waals surface area contributed by atoms with E-state index in [-0.39, 0.29) is 24.8 Å². The van der Waals surface area contributed by atoms with E-state index in [1.54, 1.807) is 12.1 Å². The van der Waals surface area contributed by atoms with Gasteiger partial charge in [0.1, 0.15) is 6.04 Å². The lowest BCUT2D eigenvalue weighted by molar-refractivity contribution is -0.120.